The van der Waals surface area contributed by atoms with Crippen molar-refractivity contribution in [2.75, 3.05) is 14.2 Å². The van der Waals surface area contributed by atoms with Crippen molar-refractivity contribution in [1.82, 2.24) is 9.97 Å². The Balaban J connectivity index is 1.70. The van der Waals surface area contributed by atoms with Gasteiger partial charge in [0, 0.05) is 24.6 Å². The molecular weight excluding hydrogens is 344 g/mol. The Morgan fingerprint density at radius 1 is 1.15 bits per heavy atom. The normalized spacial score (nSPS) is 10.6. The maximum absolute atomic E-state index is 12.5. The molecule has 0 atom stereocenters. The van der Waals surface area contributed by atoms with Crippen LogP contribution >= 0.6 is 0 Å². The second-order valence-corrected chi connectivity index (χ2v) is 6.00. The highest BCUT2D eigenvalue weighted by molar-refractivity contribution is 5.95. The van der Waals surface area contributed by atoms with Crippen LogP contribution in [0.4, 0.5) is 0 Å². The van der Waals surface area contributed by atoms with Crippen LogP contribution in [-0.4, -0.2) is 30.0 Å². The Hall–Kier alpha value is -3.15. The molecule has 6 nitrogen and oxygen atoms in total. The summed E-state index contributed by atoms with van der Waals surface area (Å²) in [6.45, 7) is 2.01. The zero-order chi connectivity index (χ0) is 19.2. The van der Waals surface area contributed by atoms with Gasteiger partial charge in [0.2, 0.25) is 5.89 Å². The van der Waals surface area contributed by atoms with Crippen LogP contribution in [0.2, 0.25) is 0 Å². The summed E-state index contributed by atoms with van der Waals surface area (Å²) in [6.07, 6.45) is 4.84. The minimum absolute atomic E-state index is 0.0168. The van der Waals surface area contributed by atoms with Gasteiger partial charge in [0.1, 0.15) is 12.0 Å². The molecule has 3 rings (SSSR count). The van der Waals surface area contributed by atoms with E-state index in [0.29, 0.717) is 35.9 Å². The van der Waals surface area contributed by atoms with Crippen LogP contribution in [0.5, 0.6) is 11.5 Å². The van der Waals surface area contributed by atoms with Gasteiger partial charge in [-0.15, -0.1) is 0 Å². The summed E-state index contributed by atoms with van der Waals surface area (Å²) in [4.78, 5) is 21.2. The predicted molar refractivity (Wildman–Crippen MR) is 101 cm³/mol. The number of aromatic nitrogens is 2. The van der Waals surface area contributed by atoms with Gasteiger partial charge in [-0.1, -0.05) is 13.0 Å². The molecule has 140 valence electrons. The van der Waals surface area contributed by atoms with E-state index in [1.807, 2.05) is 25.1 Å². The van der Waals surface area contributed by atoms with Gasteiger partial charge >= 0.3 is 0 Å². The van der Waals surface area contributed by atoms with E-state index < -0.39 is 0 Å². The number of hydrogen-bond acceptors (Lipinski definition) is 6. The maximum Gasteiger partial charge on any atom is 0.226 e. The number of hydrogen-bond donors (Lipinski definition) is 0. The zero-order valence-corrected chi connectivity index (χ0v) is 15.7. The third kappa shape index (κ3) is 4.16. The highest BCUT2D eigenvalue weighted by Crippen LogP contribution is 2.32. The highest BCUT2D eigenvalue weighted by atomic mass is 16.5. The number of ketones is 1. The molecule has 3 aromatic rings. The van der Waals surface area contributed by atoms with E-state index >= 15 is 0 Å². The maximum atomic E-state index is 12.5. The molecular formula is C21H22N2O4. The minimum Gasteiger partial charge on any atom is -0.493 e. The van der Waals surface area contributed by atoms with Gasteiger partial charge in [-0.3, -0.25) is 9.78 Å². The monoisotopic (exact) mass is 366 g/mol. The number of nitrogens with zero attached hydrogens (tertiary/aromatic N) is 2. The molecule has 0 unspecified atom stereocenters. The summed E-state index contributed by atoms with van der Waals surface area (Å²) in [5, 5.41) is 0. The Bertz CT molecular complexity index is 933. The SMILES string of the molecule is CCc1cccnc1C(=O)CCc1coc(-c2ccc(OC)c(OC)c2)n1. The third-order valence-corrected chi connectivity index (χ3v) is 4.33. The van der Waals surface area contributed by atoms with Gasteiger partial charge in [-0.25, -0.2) is 4.98 Å². The largest absolute Gasteiger partial charge is 0.493 e. The zero-order valence-electron chi connectivity index (χ0n) is 15.7. The van der Waals surface area contributed by atoms with E-state index in [1.165, 1.54) is 0 Å². The number of ether oxygens (including phenoxy) is 2. The van der Waals surface area contributed by atoms with Crippen molar-refractivity contribution in [2.24, 2.45) is 0 Å². The average Bonchev–Trinajstić information content (AvgIpc) is 3.20. The Morgan fingerprint density at radius 2 is 1.96 bits per heavy atom. The fraction of sp³-hybridized carbons (Fsp3) is 0.286. The molecule has 2 aromatic heterocycles. The van der Waals surface area contributed by atoms with Crippen LogP contribution in [0.1, 0.15) is 35.1 Å². The minimum atomic E-state index is 0.0168. The van der Waals surface area contributed by atoms with Crippen LogP contribution in [0.15, 0.2) is 47.2 Å². The van der Waals surface area contributed by atoms with E-state index in [9.17, 15) is 4.79 Å². The summed E-state index contributed by atoms with van der Waals surface area (Å²) in [6, 6.07) is 9.24. The fourth-order valence-corrected chi connectivity index (χ4v) is 2.86. The van der Waals surface area contributed by atoms with Crippen LogP contribution in [0, 0.1) is 0 Å². The average molecular weight is 366 g/mol. The molecule has 0 spiro atoms. The third-order valence-electron chi connectivity index (χ3n) is 4.33. The Morgan fingerprint density at radius 3 is 2.70 bits per heavy atom. The lowest BCUT2D eigenvalue weighted by Gasteiger charge is -2.07. The quantitative estimate of drug-likeness (QED) is 0.558. The Kier molecular flexibility index (Phi) is 5.86. The lowest BCUT2D eigenvalue weighted by atomic mass is 10.0. The fourth-order valence-electron chi connectivity index (χ4n) is 2.86. The summed E-state index contributed by atoms with van der Waals surface area (Å²) >= 11 is 0. The molecule has 1 aromatic carbocycles. The first kappa shape index (κ1) is 18.6. The molecule has 0 fully saturated rings. The van der Waals surface area contributed by atoms with Crippen molar-refractivity contribution >= 4 is 5.78 Å². The highest BCUT2D eigenvalue weighted by Gasteiger charge is 2.15. The number of aryl methyl sites for hydroxylation is 2. The number of benzene rings is 1. The standard InChI is InChI=1S/C21H22N2O4/c1-4-14-6-5-11-22-20(14)17(24)9-8-16-13-27-21(23-16)15-7-10-18(25-2)19(12-15)26-3/h5-7,10-13H,4,8-9H2,1-3H3. The van der Waals surface area contributed by atoms with Crippen LogP contribution in [-0.2, 0) is 12.8 Å². The first-order chi connectivity index (χ1) is 13.2. The molecule has 0 aliphatic rings. The lowest BCUT2D eigenvalue weighted by Crippen LogP contribution is -2.07. The van der Waals surface area contributed by atoms with E-state index in [2.05, 4.69) is 9.97 Å². The first-order valence-corrected chi connectivity index (χ1v) is 8.80. The van der Waals surface area contributed by atoms with Gasteiger partial charge < -0.3 is 13.9 Å². The number of oxazole rings is 1. The molecule has 0 bridgehead atoms. The molecule has 0 amide bonds. The molecule has 27 heavy (non-hydrogen) atoms. The summed E-state index contributed by atoms with van der Waals surface area (Å²) in [5.41, 5.74) is 3.02. The summed E-state index contributed by atoms with van der Waals surface area (Å²) in [5.74, 6) is 1.74. The van der Waals surface area contributed by atoms with Crippen LogP contribution in [0.3, 0.4) is 0 Å². The molecule has 0 aliphatic carbocycles. The molecule has 0 saturated heterocycles. The van der Waals surface area contributed by atoms with Crippen molar-refractivity contribution in [3.8, 4) is 23.0 Å². The first-order valence-electron chi connectivity index (χ1n) is 8.80. The molecule has 2 heterocycles. The number of carbonyl (C=O) groups excluding carboxylic acids is 1. The van der Waals surface area contributed by atoms with Gasteiger partial charge in [-0.2, -0.15) is 0 Å². The Labute approximate surface area is 158 Å². The van der Waals surface area contributed by atoms with E-state index in [0.717, 1.165) is 23.2 Å². The lowest BCUT2D eigenvalue weighted by molar-refractivity contribution is 0.0976. The van der Waals surface area contributed by atoms with E-state index in [1.54, 1.807) is 38.8 Å². The van der Waals surface area contributed by atoms with Gasteiger partial charge in [-0.05, 0) is 36.2 Å². The number of rotatable bonds is 8. The number of methoxy groups -OCH3 is 2. The van der Waals surface area contributed by atoms with Crippen LogP contribution < -0.4 is 9.47 Å². The molecule has 0 aliphatic heterocycles. The second kappa shape index (κ2) is 8.49. The van der Waals surface area contributed by atoms with Crippen molar-refractivity contribution in [2.45, 2.75) is 26.2 Å². The predicted octanol–water partition coefficient (Wildman–Crippen LogP) is 4.13. The van der Waals surface area contributed by atoms with Gasteiger partial charge in [0.15, 0.2) is 17.3 Å². The van der Waals surface area contributed by atoms with Crippen molar-refractivity contribution in [1.29, 1.82) is 0 Å². The van der Waals surface area contributed by atoms with Crippen molar-refractivity contribution in [3.63, 3.8) is 0 Å². The number of carbonyl (C=O) groups is 1. The van der Waals surface area contributed by atoms with E-state index in [4.69, 9.17) is 13.9 Å². The number of Topliss-reactive ketones (excluding diaryl/α,β-unsaturated/α-hetero) is 1. The summed E-state index contributed by atoms with van der Waals surface area (Å²) in [7, 11) is 3.17. The molecule has 6 heteroatoms. The van der Waals surface area contributed by atoms with Gasteiger partial charge in [0.25, 0.3) is 0 Å². The van der Waals surface area contributed by atoms with E-state index in [-0.39, 0.29) is 5.78 Å². The molecule has 0 radical (unpaired) electrons. The van der Waals surface area contributed by atoms with Gasteiger partial charge in [0.05, 0.1) is 19.9 Å². The second-order valence-electron chi connectivity index (χ2n) is 6.00. The van der Waals surface area contributed by atoms with Crippen molar-refractivity contribution < 1.29 is 18.7 Å². The topological polar surface area (TPSA) is 74.5 Å². The smallest absolute Gasteiger partial charge is 0.226 e. The summed E-state index contributed by atoms with van der Waals surface area (Å²) < 4.78 is 16.1. The molecule has 0 saturated carbocycles. The molecule has 0 N–H and O–H groups in total. The van der Waals surface area contributed by atoms with Crippen molar-refractivity contribution in [3.05, 3.63) is 59.7 Å². The number of pyridine rings is 1. The van der Waals surface area contributed by atoms with Crippen LogP contribution in [0.25, 0.3) is 11.5 Å².